The van der Waals surface area contributed by atoms with E-state index in [9.17, 15) is 18.0 Å². The van der Waals surface area contributed by atoms with E-state index in [0.29, 0.717) is 11.5 Å². The van der Waals surface area contributed by atoms with E-state index in [1.54, 1.807) is 19.1 Å². The molecule has 0 spiro atoms. The molecule has 1 amide bonds. The monoisotopic (exact) mass is 295 g/mol. The van der Waals surface area contributed by atoms with E-state index in [1.165, 1.54) is 24.3 Å². The molecule has 1 N–H and O–H groups in total. The Morgan fingerprint density at radius 1 is 1.24 bits per heavy atom. The number of furan rings is 1. The number of alkyl halides is 3. The molecule has 0 aliphatic rings. The Hall–Kier alpha value is -2.50. The normalized spacial score (nSPS) is 11.8. The van der Waals surface area contributed by atoms with Gasteiger partial charge >= 0.3 is 6.18 Å². The minimum Gasteiger partial charge on any atom is -0.462 e. The summed E-state index contributed by atoms with van der Waals surface area (Å²) in [5, 5.41) is 2.36. The van der Waals surface area contributed by atoms with Crippen LogP contribution in [0.3, 0.4) is 0 Å². The van der Waals surface area contributed by atoms with E-state index in [1.807, 2.05) is 0 Å². The van der Waals surface area contributed by atoms with Crippen LogP contribution in [0.15, 0.2) is 46.9 Å². The minimum absolute atomic E-state index is 0.0788. The fourth-order valence-electron chi connectivity index (χ4n) is 1.66. The molecule has 0 saturated carbocycles. The SMILES string of the molecule is Cc1ccc(/C=C/C(=O)Nc2cccc(C(F)(F)F)c2)o1. The predicted molar refractivity (Wildman–Crippen MR) is 72.6 cm³/mol. The van der Waals surface area contributed by atoms with Gasteiger partial charge in [-0.25, -0.2) is 0 Å². The zero-order chi connectivity index (χ0) is 15.5. The molecule has 1 aromatic heterocycles. The molecule has 0 unspecified atom stereocenters. The molecule has 0 atom stereocenters. The second kappa shape index (κ2) is 5.87. The van der Waals surface area contributed by atoms with Crippen molar-refractivity contribution in [3.63, 3.8) is 0 Å². The molecular formula is C15H12F3NO2. The largest absolute Gasteiger partial charge is 0.462 e. The van der Waals surface area contributed by atoms with E-state index in [0.717, 1.165) is 12.1 Å². The van der Waals surface area contributed by atoms with Gasteiger partial charge in [0, 0.05) is 11.8 Å². The lowest BCUT2D eigenvalue weighted by Gasteiger charge is -2.08. The highest BCUT2D eigenvalue weighted by Gasteiger charge is 2.30. The summed E-state index contributed by atoms with van der Waals surface area (Å²) in [6.45, 7) is 1.76. The van der Waals surface area contributed by atoms with Crippen LogP contribution < -0.4 is 5.32 Å². The number of carbonyl (C=O) groups excluding carboxylic acids is 1. The van der Waals surface area contributed by atoms with E-state index in [2.05, 4.69) is 5.32 Å². The molecule has 0 radical (unpaired) electrons. The zero-order valence-electron chi connectivity index (χ0n) is 11.1. The average molecular weight is 295 g/mol. The molecule has 0 bridgehead atoms. The second-order valence-corrected chi connectivity index (χ2v) is 4.35. The van der Waals surface area contributed by atoms with E-state index in [-0.39, 0.29) is 5.69 Å². The number of halogens is 3. The smallest absolute Gasteiger partial charge is 0.416 e. The zero-order valence-corrected chi connectivity index (χ0v) is 11.1. The Bertz CT molecular complexity index is 672. The van der Waals surface area contributed by atoms with Crippen LogP contribution in [0, 0.1) is 6.92 Å². The quantitative estimate of drug-likeness (QED) is 0.860. The molecule has 2 rings (SSSR count). The number of anilines is 1. The van der Waals surface area contributed by atoms with Crippen LogP contribution >= 0.6 is 0 Å². The first-order valence-electron chi connectivity index (χ1n) is 6.07. The second-order valence-electron chi connectivity index (χ2n) is 4.35. The van der Waals surface area contributed by atoms with Gasteiger partial charge in [-0.2, -0.15) is 13.2 Å². The minimum atomic E-state index is -4.44. The molecule has 0 fully saturated rings. The first-order chi connectivity index (χ1) is 9.84. The van der Waals surface area contributed by atoms with Gasteiger partial charge in [-0.05, 0) is 43.3 Å². The third-order valence-corrected chi connectivity index (χ3v) is 2.62. The van der Waals surface area contributed by atoms with Gasteiger partial charge in [-0.3, -0.25) is 4.79 Å². The number of rotatable bonds is 3. The van der Waals surface area contributed by atoms with Crippen LogP contribution in [0.1, 0.15) is 17.1 Å². The molecule has 6 heteroatoms. The van der Waals surface area contributed by atoms with Crippen molar-refractivity contribution in [2.75, 3.05) is 5.32 Å². The van der Waals surface area contributed by atoms with Crippen molar-refractivity contribution in [2.24, 2.45) is 0 Å². The number of nitrogens with one attached hydrogen (secondary N) is 1. The van der Waals surface area contributed by atoms with Gasteiger partial charge in [0.05, 0.1) is 5.56 Å². The molecule has 0 aliphatic carbocycles. The van der Waals surface area contributed by atoms with Crippen molar-refractivity contribution in [1.29, 1.82) is 0 Å². The molecular weight excluding hydrogens is 283 g/mol. The lowest BCUT2D eigenvalue weighted by Crippen LogP contribution is -2.10. The van der Waals surface area contributed by atoms with Crippen molar-refractivity contribution in [3.05, 3.63) is 59.6 Å². The van der Waals surface area contributed by atoms with Crippen LogP contribution in [0.2, 0.25) is 0 Å². The fourth-order valence-corrected chi connectivity index (χ4v) is 1.66. The van der Waals surface area contributed by atoms with Gasteiger partial charge in [-0.1, -0.05) is 6.07 Å². The Kier molecular flexibility index (Phi) is 4.16. The first-order valence-corrected chi connectivity index (χ1v) is 6.07. The Morgan fingerprint density at radius 3 is 2.62 bits per heavy atom. The number of aryl methyl sites for hydroxylation is 1. The number of hydrogen-bond donors (Lipinski definition) is 1. The maximum Gasteiger partial charge on any atom is 0.416 e. The van der Waals surface area contributed by atoms with Crippen molar-refractivity contribution in [2.45, 2.75) is 13.1 Å². The van der Waals surface area contributed by atoms with Crippen molar-refractivity contribution in [1.82, 2.24) is 0 Å². The highest BCUT2D eigenvalue weighted by molar-refractivity contribution is 6.01. The molecule has 21 heavy (non-hydrogen) atoms. The van der Waals surface area contributed by atoms with E-state index >= 15 is 0 Å². The summed E-state index contributed by atoms with van der Waals surface area (Å²) >= 11 is 0. The molecule has 3 nitrogen and oxygen atoms in total. The highest BCUT2D eigenvalue weighted by atomic mass is 19.4. The average Bonchev–Trinajstić information content (AvgIpc) is 2.82. The summed E-state index contributed by atoms with van der Waals surface area (Å²) < 4.78 is 42.8. The van der Waals surface area contributed by atoms with Gasteiger partial charge < -0.3 is 9.73 Å². The summed E-state index contributed by atoms with van der Waals surface area (Å²) in [5.74, 6) is 0.656. The summed E-state index contributed by atoms with van der Waals surface area (Å²) in [5.41, 5.74) is -0.735. The Morgan fingerprint density at radius 2 is 2.00 bits per heavy atom. The van der Waals surface area contributed by atoms with E-state index < -0.39 is 17.6 Å². The van der Waals surface area contributed by atoms with Crippen LogP contribution in [-0.2, 0) is 11.0 Å². The van der Waals surface area contributed by atoms with Crippen LogP contribution in [0.5, 0.6) is 0 Å². The van der Waals surface area contributed by atoms with Crippen molar-refractivity contribution >= 4 is 17.7 Å². The lowest BCUT2D eigenvalue weighted by atomic mass is 10.2. The van der Waals surface area contributed by atoms with Gasteiger partial charge in [0.1, 0.15) is 11.5 Å². The number of amides is 1. The highest BCUT2D eigenvalue weighted by Crippen LogP contribution is 2.30. The summed E-state index contributed by atoms with van der Waals surface area (Å²) in [6.07, 6.45) is -1.81. The molecule has 1 heterocycles. The van der Waals surface area contributed by atoms with Crippen LogP contribution in [0.4, 0.5) is 18.9 Å². The van der Waals surface area contributed by atoms with Crippen LogP contribution in [0.25, 0.3) is 6.08 Å². The van der Waals surface area contributed by atoms with Crippen molar-refractivity contribution < 1.29 is 22.4 Å². The van der Waals surface area contributed by atoms with Gasteiger partial charge in [-0.15, -0.1) is 0 Å². The maximum absolute atomic E-state index is 12.5. The van der Waals surface area contributed by atoms with Gasteiger partial charge in [0.15, 0.2) is 0 Å². The molecule has 0 aliphatic heterocycles. The number of hydrogen-bond acceptors (Lipinski definition) is 2. The predicted octanol–water partition coefficient (Wildman–Crippen LogP) is 4.26. The van der Waals surface area contributed by atoms with E-state index in [4.69, 9.17) is 4.42 Å². The first kappa shape index (κ1) is 14.9. The Labute approximate surface area is 119 Å². The standard InChI is InChI=1S/C15H12F3NO2/c1-10-5-6-13(21-10)7-8-14(20)19-12-4-2-3-11(9-12)15(16,17)18/h2-9H,1H3,(H,19,20)/b8-7+. The third kappa shape index (κ3) is 4.24. The summed E-state index contributed by atoms with van der Waals surface area (Å²) in [7, 11) is 0. The fraction of sp³-hybridized carbons (Fsp3) is 0.133. The lowest BCUT2D eigenvalue weighted by molar-refractivity contribution is -0.137. The van der Waals surface area contributed by atoms with Gasteiger partial charge in [0.25, 0.3) is 0 Å². The summed E-state index contributed by atoms with van der Waals surface area (Å²) in [6, 6.07) is 7.86. The summed E-state index contributed by atoms with van der Waals surface area (Å²) in [4.78, 5) is 11.6. The number of carbonyl (C=O) groups is 1. The third-order valence-electron chi connectivity index (χ3n) is 2.62. The number of benzene rings is 1. The Balaban J connectivity index is 2.04. The molecule has 1 aromatic carbocycles. The van der Waals surface area contributed by atoms with Gasteiger partial charge in [0.2, 0.25) is 5.91 Å². The maximum atomic E-state index is 12.5. The van der Waals surface area contributed by atoms with Crippen molar-refractivity contribution in [3.8, 4) is 0 Å². The topological polar surface area (TPSA) is 42.2 Å². The molecule has 0 saturated heterocycles. The molecule has 110 valence electrons. The van der Waals surface area contributed by atoms with Crippen LogP contribution in [-0.4, -0.2) is 5.91 Å². The molecule has 2 aromatic rings.